The lowest BCUT2D eigenvalue weighted by Gasteiger charge is -2.30. The van der Waals surface area contributed by atoms with Crippen LogP contribution in [-0.4, -0.2) is 54.2 Å². The number of carbonyl (C=O) groups is 4. The molecule has 2 aliphatic heterocycles. The van der Waals surface area contributed by atoms with E-state index in [1.165, 1.54) is 24.3 Å². The summed E-state index contributed by atoms with van der Waals surface area (Å²) >= 11 is 2.13. The molecule has 3 amide bonds. The first-order valence-electron chi connectivity index (χ1n) is 14.0. The molecule has 2 N–H and O–H groups in total. The Morgan fingerprint density at radius 3 is 2.40 bits per heavy atom. The van der Waals surface area contributed by atoms with Crippen molar-refractivity contribution in [3.63, 3.8) is 0 Å². The average molecular weight is 646 g/mol. The van der Waals surface area contributed by atoms with Gasteiger partial charge in [0.2, 0.25) is 11.8 Å². The number of para-hydroxylation sites is 1. The zero-order valence-electron chi connectivity index (χ0n) is 24.1. The molecule has 0 radical (unpaired) electrons. The molecule has 45 heavy (non-hydrogen) atoms. The maximum absolute atomic E-state index is 14.1. The van der Waals surface area contributed by atoms with Crippen molar-refractivity contribution in [2.45, 2.75) is 23.1 Å². The predicted octanol–water partition coefficient (Wildman–Crippen LogP) is 4.44. The van der Waals surface area contributed by atoms with E-state index in [2.05, 4.69) is 10.3 Å². The maximum atomic E-state index is 14.1. The molecule has 230 valence electrons. The molecule has 3 heterocycles. The third-order valence-corrected chi connectivity index (χ3v) is 9.85. The summed E-state index contributed by atoms with van der Waals surface area (Å²) in [6.45, 7) is 1.60. The van der Waals surface area contributed by atoms with E-state index in [9.17, 15) is 24.0 Å². The van der Waals surface area contributed by atoms with Crippen molar-refractivity contribution in [2.24, 2.45) is 5.92 Å². The molecule has 13 heteroatoms. The average Bonchev–Trinajstić information content (AvgIpc) is 3.54. The molecule has 1 fully saturated rings. The largest absolute Gasteiger partial charge is 0.497 e. The molecule has 0 bridgehead atoms. The Kier molecular flexibility index (Phi) is 8.46. The van der Waals surface area contributed by atoms with Crippen LogP contribution in [0.3, 0.4) is 0 Å². The Bertz CT molecular complexity index is 1830. The summed E-state index contributed by atoms with van der Waals surface area (Å²) in [6.07, 6.45) is 0. The van der Waals surface area contributed by atoms with Gasteiger partial charge in [-0.05, 0) is 61.5 Å². The highest BCUT2D eigenvalue weighted by Gasteiger charge is 2.56. The predicted molar refractivity (Wildman–Crippen MR) is 168 cm³/mol. The molecule has 0 aliphatic carbocycles. The number of thioether (sulfide) groups is 1. The molecule has 11 nitrogen and oxygen atoms in total. The molecule has 2 unspecified atom stereocenters. The number of hydrogen-bond donors (Lipinski definition) is 2. The SMILES string of the molecule is CCOC(=O)c1ccc(N2C(=O)C3Sc4[nH]c(=O)sc4[C@H](c4ccccc4OCC(=O)Nc4ccc(OC)cc4)C3C2=O)cc1. The van der Waals surface area contributed by atoms with Crippen molar-refractivity contribution in [3.8, 4) is 11.5 Å². The number of imide groups is 1. The van der Waals surface area contributed by atoms with E-state index in [0.29, 0.717) is 43.9 Å². The van der Waals surface area contributed by atoms with Crippen LogP contribution in [-0.2, 0) is 19.1 Å². The van der Waals surface area contributed by atoms with Crippen molar-refractivity contribution in [1.82, 2.24) is 4.98 Å². The number of nitrogens with zero attached hydrogens (tertiary/aromatic N) is 1. The second-order valence-electron chi connectivity index (χ2n) is 10.1. The number of anilines is 2. The van der Waals surface area contributed by atoms with Crippen LogP contribution in [0.25, 0.3) is 0 Å². The highest BCUT2D eigenvalue weighted by Crippen LogP contribution is 2.54. The molecule has 0 saturated carbocycles. The van der Waals surface area contributed by atoms with Gasteiger partial charge >= 0.3 is 10.8 Å². The first-order valence-corrected chi connectivity index (χ1v) is 15.7. The van der Waals surface area contributed by atoms with Crippen LogP contribution in [0.4, 0.5) is 11.4 Å². The summed E-state index contributed by atoms with van der Waals surface area (Å²) in [5.41, 5.74) is 1.76. The lowest BCUT2D eigenvalue weighted by atomic mass is 9.82. The zero-order chi connectivity index (χ0) is 31.7. The van der Waals surface area contributed by atoms with Gasteiger partial charge in [0.05, 0.1) is 35.9 Å². The second-order valence-corrected chi connectivity index (χ2v) is 12.3. The van der Waals surface area contributed by atoms with E-state index in [1.807, 2.05) is 0 Å². The quantitative estimate of drug-likeness (QED) is 0.200. The molecule has 2 aliphatic rings. The number of esters is 1. The number of methoxy groups -OCH3 is 1. The van der Waals surface area contributed by atoms with Crippen molar-refractivity contribution < 1.29 is 33.4 Å². The van der Waals surface area contributed by atoms with Crippen molar-refractivity contribution >= 4 is 58.2 Å². The Morgan fingerprint density at radius 2 is 1.69 bits per heavy atom. The number of aromatic amines is 1. The third-order valence-electron chi connectivity index (χ3n) is 7.45. The van der Waals surface area contributed by atoms with Gasteiger partial charge in [-0.1, -0.05) is 41.3 Å². The van der Waals surface area contributed by atoms with Gasteiger partial charge in [-0.3, -0.25) is 19.2 Å². The van der Waals surface area contributed by atoms with E-state index in [4.69, 9.17) is 14.2 Å². The summed E-state index contributed by atoms with van der Waals surface area (Å²) in [5, 5.41) is 2.47. The Morgan fingerprint density at radius 1 is 0.956 bits per heavy atom. The molecule has 4 aromatic rings. The second kappa shape index (κ2) is 12.6. The van der Waals surface area contributed by atoms with E-state index >= 15 is 0 Å². The first-order chi connectivity index (χ1) is 21.8. The molecule has 6 rings (SSSR count). The monoisotopic (exact) mass is 645 g/mol. The van der Waals surface area contributed by atoms with Gasteiger partial charge in [-0.2, -0.15) is 0 Å². The Labute approximate surface area is 265 Å². The lowest BCUT2D eigenvalue weighted by Crippen LogP contribution is -2.32. The third kappa shape index (κ3) is 5.83. The smallest absolute Gasteiger partial charge is 0.338 e. The number of rotatable bonds is 9. The van der Waals surface area contributed by atoms with Crippen LogP contribution in [0, 0.1) is 5.92 Å². The molecule has 1 aromatic heterocycles. The number of ether oxygens (including phenoxy) is 3. The van der Waals surface area contributed by atoms with E-state index in [-0.39, 0.29) is 18.1 Å². The number of aromatic nitrogens is 1. The van der Waals surface area contributed by atoms with Crippen LogP contribution in [0.5, 0.6) is 11.5 Å². The highest BCUT2D eigenvalue weighted by atomic mass is 32.2. The van der Waals surface area contributed by atoms with E-state index < -0.39 is 40.8 Å². The van der Waals surface area contributed by atoms with Crippen LogP contribution in [0.2, 0.25) is 0 Å². The molecular formula is C32H27N3O8S2. The Hall–Kier alpha value is -4.88. The fourth-order valence-corrected chi connectivity index (χ4v) is 7.96. The number of nitrogens with one attached hydrogen (secondary N) is 2. The van der Waals surface area contributed by atoms with Crippen LogP contribution in [0.1, 0.15) is 33.6 Å². The van der Waals surface area contributed by atoms with Gasteiger partial charge in [0, 0.05) is 22.0 Å². The van der Waals surface area contributed by atoms with Gasteiger partial charge in [-0.25, -0.2) is 9.69 Å². The lowest BCUT2D eigenvalue weighted by molar-refractivity contribution is -0.122. The van der Waals surface area contributed by atoms with Crippen LogP contribution < -0.4 is 24.6 Å². The summed E-state index contributed by atoms with van der Waals surface area (Å²) in [7, 11) is 1.55. The highest BCUT2D eigenvalue weighted by molar-refractivity contribution is 8.00. The molecule has 3 atom stereocenters. The summed E-state index contributed by atoms with van der Waals surface area (Å²) in [5.74, 6) is -2.33. The van der Waals surface area contributed by atoms with Crippen molar-refractivity contribution in [2.75, 3.05) is 30.5 Å². The van der Waals surface area contributed by atoms with Gasteiger partial charge < -0.3 is 24.5 Å². The fraction of sp³-hybridized carbons (Fsp3) is 0.219. The van der Waals surface area contributed by atoms with Crippen molar-refractivity contribution in [1.29, 1.82) is 0 Å². The number of benzene rings is 3. The standard InChI is InChI=1S/C32H27N3O8S2/c1-3-42-31(39)17-8-12-19(13-9-17)35-29(37)25-24(26-28(34-32(40)45-26)44-27(25)30(35)38)21-6-4-5-7-22(21)43-16-23(36)33-18-10-14-20(41-2)15-11-18/h4-15,24-25,27H,3,16H2,1-2H3,(H,33,36)(H,34,40)/t24-,25?,27?/m1/s1. The van der Waals surface area contributed by atoms with Gasteiger partial charge in [-0.15, -0.1) is 0 Å². The summed E-state index contributed by atoms with van der Waals surface area (Å²) < 4.78 is 16.2. The van der Waals surface area contributed by atoms with Gasteiger partial charge in [0.25, 0.3) is 5.91 Å². The van der Waals surface area contributed by atoms with E-state index in [0.717, 1.165) is 28.0 Å². The Balaban J connectivity index is 1.29. The molecule has 0 spiro atoms. The van der Waals surface area contributed by atoms with Gasteiger partial charge in [0.15, 0.2) is 6.61 Å². The van der Waals surface area contributed by atoms with Gasteiger partial charge in [0.1, 0.15) is 16.7 Å². The minimum absolute atomic E-state index is 0.219. The zero-order valence-corrected chi connectivity index (χ0v) is 25.7. The normalized spacial score (nSPS) is 18.6. The number of carbonyl (C=O) groups excluding carboxylic acids is 4. The minimum atomic E-state index is -0.857. The van der Waals surface area contributed by atoms with Crippen molar-refractivity contribution in [3.05, 3.63) is 98.5 Å². The molecule has 3 aromatic carbocycles. The van der Waals surface area contributed by atoms with Crippen LogP contribution >= 0.6 is 23.1 Å². The van der Waals surface area contributed by atoms with E-state index in [1.54, 1.807) is 62.6 Å². The number of thiazole rings is 1. The topological polar surface area (TPSA) is 144 Å². The fourth-order valence-electron chi connectivity index (χ4n) is 5.45. The molecular weight excluding hydrogens is 618 g/mol. The number of fused-ring (bicyclic) bond motifs is 2. The molecule has 1 saturated heterocycles. The minimum Gasteiger partial charge on any atom is -0.497 e. The number of hydrogen-bond acceptors (Lipinski definition) is 10. The number of H-pyrrole nitrogens is 1. The summed E-state index contributed by atoms with van der Waals surface area (Å²) in [4.78, 5) is 69.5. The number of amides is 3. The summed E-state index contributed by atoms with van der Waals surface area (Å²) in [6, 6.07) is 19.9. The first kappa shape index (κ1) is 30.2. The maximum Gasteiger partial charge on any atom is 0.338 e. The van der Waals surface area contributed by atoms with Crippen LogP contribution in [0.15, 0.2) is 82.6 Å².